The molecule has 0 saturated carbocycles. The Morgan fingerprint density at radius 2 is 1.83 bits per heavy atom. The van der Waals surface area contributed by atoms with Crippen LogP contribution >= 0.6 is 11.6 Å². The molecule has 0 saturated heterocycles. The molecule has 29 heavy (non-hydrogen) atoms. The first-order chi connectivity index (χ1) is 13.9. The number of rotatable bonds is 4. The fourth-order valence-electron chi connectivity index (χ4n) is 3.22. The average Bonchev–Trinajstić information content (AvgIpc) is 2.95. The van der Waals surface area contributed by atoms with Gasteiger partial charge in [0.1, 0.15) is 5.69 Å². The Balaban J connectivity index is 1.63. The fraction of sp³-hybridized carbons (Fsp3) is 0.0909. The highest BCUT2D eigenvalue weighted by Gasteiger charge is 2.35. The number of hydrogen-bond acceptors (Lipinski definition) is 4. The highest BCUT2D eigenvalue weighted by atomic mass is 35.5. The summed E-state index contributed by atoms with van der Waals surface area (Å²) >= 11 is 6.13. The molecule has 0 atom stereocenters. The third kappa shape index (κ3) is 3.62. The third-order valence-corrected chi connectivity index (χ3v) is 4.90. The van der Waals surface area contributed by atoms with E-state index in [1.807, 2.05) is 6.92 Å². The van der Waals surface area contributed by atoms with E-state index in [-0.39, 0.29) is 24.1 Å². The normalized spacial score (nSPS) is 12.8. The predicted octanol–water partition coefficient (Wildman–Crippen LogP) is 4.09. The van der Waals surface area contributed by atoms with Crippen LogP contribution in [0.25, 0.3) is 0 Å². The third-order valence-electron chi connectivity index (χ3n) is 4.67. The van der Waals surface area contributed by atoms with E-state index in [0.29, 0.717) is 27.4 Å². The Morgan fingerprint density at radius 1 is 1.03 bits per heavy atom. The molecular weight excluding hydrogens is 390 g/mol. The summed E-state index contributed by atoms with van der Waals surface area (Å²) in [6.45, 7) is 1.85. The van der Waals surface area contributed by atoms with Crippen LogP contribution in [0.3, 0.4) is 0 Å². The summed E-state index contributed by atoms with van der Waals surface area (Å²) in [5, 5.41) is 3.21. The number of nitrogens with zero attached hydrogens (tertiary/aromatic N) is 2. The van der Waals surface area contributed by atoms with Crippen LogP contribution in [0.1, 0.15) is 42.3 Å². The maximum absolute atomic E-state index is 12.8. The zero-order valence-electron chi connectivity index (χ0n) is 15.5. The summed E-state index contributed by atoms with van der Waals surface area (Å²) < 4.78 is 0. The first kappa shape index (κ1) is 18.8. The lowest BCUT2D eigenvalue weighted by Crippen LogP contribution is -2.29. The minimum absolute atomic E-state index is 0.0101. The van der Waals surface area contributed by atoms with Gasteiger partial charge in [0.2, 0.25) is 0 Å². The number of carbonyl (C=O) groups is 3. The van der Waals surface area contributed by atoms with Crippen molar-refractivity contribution in [2.24, 2.45) is 0 Å². The lowest BCUT2D eigenvalue weighted by atomic mass is 10.1. The second-order valence-corrected chi connectivity index (χ2v) is 7.15. The van der Waals surface area contributed by atoms with Crippen LogP contribution in [0.5, 0.6) is 0 Å². The standard InChI is InChI=1S/C22H16ClN3O3/c1-13-5-7-16-17(10-13)22(29)26(21(16)28)12-14-11-15(23)6-8-18(14)25-20(27)19-4-2-3-9-24-19/h2-11H,12H2,1H3,(H,25,27). The zero-order chi connectivity index (χ0) is 20.5. The van der Waals surface area contributed by atoms with Crippen molar-refractivity contribution in [2.45, 2.75) is 13.5 Å². The van der Waals surface area contributed by atoms with E-state index < -0.39 is 5.91 Å². The molecule has 0 radical (unpaired) electrons. The summed E-state index contributed by atoms with van der Waals surface area (Å²) in [5.41, 5.74) is 2.92. The van der Waals surface area contributed by atoms with Gasteiger partial charge < -0.3 is 5.32 Å². The molecule has 6 nitrogen and oxygen atoms in total. The lowest BCUT2D eigenvalue weighted by Gasteiger charge is -2.17. The van der Waals surface area contributed by atoms with Gasteiger partial charge in [0.05, 0.1) is 17.7 Å². The Kier molecular flexibility index (Phi) is 4.86. The molecule has 2 aromatic carbocycles. The Hall–Kier alpha value is -3.51. The van der Waals surface area contributed by atoms with Gasteiger partial charge in [-0.3, -0.25) is 24.3 Å². The molecule has 1 aromatic heterocycles. The molecule has 1 aliphatic rings. The Morgan fingerprint density at radius 3 is 2.59 bits per heavy atom. The van der Waals surface area contributed by atoms with Gasteiger partial charge in [0.25, 0.3) is 17.7 Å². The van der Waals surface area contributed by atoms with E-state index in [9.17, 15) is 14.4 Å². The first-order valence-corrected chi connectivity index (χ1v) is 9.29. The van der Waals surface area contributed by atoms with Crippen molar-refractivity contribution in [3.8, 4) is 0 Å². The topological polar surface area (TPSA) is 79.4 Å². The van der Waals surface area contributed by atoms with Crippen LogP contribution in [0.2, 0.25) is 5.02 Å². The number of aryl methyl sites for hydroxylation is 1. The van der Waals surface area contributed by atoms with Gasteiger partial charge in [0, 0.05) is 16.9 Å². The summed E-state index contributed by atoms with van der Waals surface area (Å²) in [7, 11) is 0. The summed E-state index contributed by atoms with van der Waals surface area (Å²) in [5.74, 6) is -1.13. The van der Waals surface area contributed by atoms with Crippen LogP contribution in [-0.4, -0.2) is 27.6 Å². The molecule has 7 heteroatoms. The molecule has 2 heterocycles. The van der Waals surface area contributed by atoms with Crippen LogP contribution in [0, 0.1) is 6.92 Å². The second kappa shape index (κ2) is 7.48. The molecule has 0 aliphatic carbocycles. The van der Waals surface area contributed by atoms with Crippen molar-refractivity contribution < 1.29 is 14.4 Å². The molecule has 3 amide bonds. The van der Waals surface area contributed by atoms with E-state index in [0.717, 1.165) is 10.5 Å². The van der Waals surface area contributed by atoms with E-state index in [2.05, 4.69) is 10.3 Å². The molecule has 0 bridgehead atoms. The number of anilines is 1. The highest BCUT2D eigenvalue weighted by Crippen LogP contribution is 2.29. The van der Waals surface area contributed by atoms with Gasteiger partial charge in [-0.1, -0.05) is 29.3 Å². The first-order valence-electron chi connectivity index (χ1n) is 8.91. The predicted molar refractivity (Wildman–Crippen MR) is 109 cm³/mol. The number of aromatic nitrogens is 1. The minimum Gasteiger partial charge on any atom is -0.320 e. The number of fused-ring (bicyclic) bond motifs is 1. The van der Waals surface area contributed by atoms with Crippen LogP contribution < -0.4 is 5.32 Å². The molecule has 144 valence electrons. The highest BCUT2D eigenvalue weighted by molar-refractivity contribution is 6.30. The number of pyridine rings is 1. The average molecular weight is 406 g/mol. The van der Waals surface area contributed by atoms with E-state index in [4.69, 9.17) is 11.6 Å². The van der Waals surface area contributed by atoms with Crippen LogP contribution in [-0.2, 0) is 6.54 Å². The number of nitrogens with one attached hydrogen (secondary N) is 1. The molecule has 0 spiro atoms. The second-order valence-electron chi connectivity index (χ2n) is 6.72. The monoisotopic (exact) mass is 405 g/mol. The number of halogens is 1. The van der Waals surface area contributed by atoms with Gasteiger partial charge in [-0.05, 0) is 55.0 Å². The lowest BCUT2D eigenvalue weighted by molar-refractivity contribution is 0.0642. The largest absolute Gasteiger partial charge is 0.320 e. The van der Waals surface area contributed by atoms with Gasteiger partial charge in [-0.15, -0.1) is 0 Å². The molecule has 1 aliphatic heterocycles. The van der Waals surface area contributed by atoms with Crippen molar-refractivity contribution in [1.82, 2.24) is 9.88 Å². The number of hydrogen-bond donors (Lipinski definition) is 1. The minimum atomic E-state index is -0.396. The van der Waals surface area contributed by atoms with Crippen molar-refractivity contribution in [3.05, 3.63) is 93.8 Å². The molecule has 1 N–H and O–H groups in total. The smallest absolute Gasteiger partial charge is 0.274 e. The molecule has 0 unspecified atom stereocenters. The number of amides is 3. The van der Waals surface area contributed by atoms with E-state index in [1.165, 1.54) is 6.20 Å². The van der Waals surface area contributed by atoms with Crippen LogP contribution in [0.15, 0.2) is 60.8 Å². The van der Waals surface area contributed by atoms with Crippen molar-refractivity contribution in [1.29, 1.82) is 0 Å². The maximum Gasteiger partial charge on any atom is 0.274 e. The van der Waals surface area contributed by atoms with Crippen molar-refractivity contribution in [3.63, 3.8) is 0 Å². The van der Waals surface area contributed by atoms with Gasteiger partial charge in [0.15, 0.2) is 0 Å². The molecule has 0 fully saturated rings. The molecule has 4 rings (SSSR count). The SMILES string of the molecule is Cc1ccc2c(c1)C(=O)N(Cc1cc(Cl)ccc1NC(=O)c1ccccn1)C2=O. The van der Waals surface area contributed by atoms with Crippen LogP contribution in [0.4, 0.5) is 5.69 Å². The number of benzene rings is 2. The van der Waals surface area contributed by atoms with E-state index in [1.54, 1.807) is 54.6 Å². The summed E-state index contributed by atoms with van der Waals surface area (Å²) in [6, 6.07) is 15.1. The zero-order valence-corrected chi connectivity index (χ0v) is 16.2. The summed E-state index contributed by atoms with van der Waals surface area (Å²) in [4.78, 5) is 43.2. The van der Waals surface area contributed by atoms with Crippen molar-refractivity contribution >= 4 is 35.0 Å². The van der Waals surface area contributed by atoms with Gasteiger partial charge >= 0.3 is 0 Å². The summed E-state index contributed by atoms with van der Waals surface area (Å²) in [6.07, 6.45) is 1.53. The quantitative estimate of drug-likeness (QED) is 0.663. The molecular formula is C22H16ClN3O3. The van der Waals surface area contributed by atoms with Gasteiger partial charge in [-0.25, -0.2) is 0 Å². The molecule has 3 aromatic rings. The van der Waals surface area contributed by atoms with E-state index >= 15 is 0 Å². The maximum atomic E-state index is 12.8. The fourth-order valence-corrected chi connectivity index (χ4v) is 3.41. The Bertz CT molecular complexity index is 1150. The number of imide groups is 1. The van der Waals surface area contributed by atoms with Gasteiger partial charge in [-0.2, -0.15) is 0 Å². The van der Waals surface area contributed by atoms with Crippen molar-refractivity contribution in [2.75, 3.05) is 5.32 Å². The number of carbonyl (C=O) groups excluding carboxylic acids is 3. The Labute approximate surface area is 172 Å².